The predicted octanol–water partition coefficient (Wildman–Crippen LogP) is 4.97. The van der Waals surface area contributed by atoms with Crippen molar-refractivity contribution in [1.82, 2.24) is 0 Å². The molecule has 98 valence electrons. The van der Waals surface area contributed by atoms with Gasteiger partial charge in [-0.15, -0.1) is 0 Å². The van der Waals surface area contributed by atoms with Crippen LogP contribution in [0.2, 0.25) is 5.02 Å². The first-order valence-electron chi connectivity index (χ1n) is 5.81. The van der Waals surface area contributed by atoms with Crippen LogP contribution in [0.3, 0.4) is 0 Å². The Morgan fingerprint density at radius 2 is 1.95 bits per heavy atom. The van der Waals surface area contributed by atoms with Crippen LogP contribution in [0, 0.1) is 13.8 Å². The summed E-state index contributed by atoms with van der Waals surface area (Å²) < 4.78 is 0.764. The van der Waals surface area contributed by atoms with E-state index in [1.165, 1.54) is 0 Å². The SMILES string of the molecule is Cc1ccc(Br)c(C(=O)Nc2c(C)cccc2Cl)c1. The fourth-order valence-electron chi connectivity index (χ4n) is 1.78. The van der Waals surface area contributed by atoms with E-state index in [0.717, 1.165) is 15.6 Å². The van der Waals surface area contributed by atoms with Gasteiger partial charge in [-0.05, 0) is 53.5 Å². The van der Waals surface area contributed by atoms with E-state index < -0.39 is 0 Å². The molecule has 0 aromatic heterocycles. The second kappa shape index (κ2) is 5.76. The number of hydrogen-bond acceptors (Lipinski definition) is 1. The molecule has 0 saturated carbocycles. The molecule has 0 atom stereocenters. The minimum Gasteiger partial charge on any atom is -0.320 e. The summed E-state index contributed by atoms with van der Waals surface area (Å²) in [4.78, 5) is 12.3. The molecule has 0 radical (unpaired) electrons. The summed E-state index contributed by atoms with van der Waals surface area (Å²) in [5.41, 5.74) is 3.22. The molecule has 1 N–H and O–H groups in total. The molecule has 2 nitrogen and oxygen atoms in total. The van der Waals surface area contributed by atoms with Crippen LogP contribution in [-0.2, 0) is 0 Å². The Morgan fingerprint density at radius 1 is 1.21 bits per heavy atom. The molecule has 0 fully saturated rings. The van der Waals surface area contributed by atoms with E-state index in [-0.39, 0.29) is 5.91 Å². The molecule has 0 aliphatic heterocycles. The number of benzene rings is 2. The lowest BCUT2D eigenvalue weighted by molar-refractivity contribution is 0.102. The number of amides is 1. The van der Waals surface area contributed by atoms with Crippen LogP contribution in [0.1, 0.15) is 21.5 Å². The molecule has 0 aliphatic carbocycles. The standard InChI is InChI=1S/C15H13BrClNO/c1-9-6-7-12(16)11(8-9)15(19)18-14-10(2)4-3-5-13(14)17/h3-8H,1-2H3,(H,18,19). The summed E-state index contributed by atoms with van der Waals surface area (Å²) in [7, 11) is 0. The molecule has 19 heavy (non-hydrogen) atoms. The van der Waals surface area contributed by atoms with Gasteiger partial charge in [-0.25, -0.2) is 0 Å². The second-order valence-electron chi connectivity index (χ2n) is 4.37. The largest absolute Gasteiger partial charge is 0.320 e. The average molecular weight is 339 g/mol. The summed E-state index contributed by atoms with van der Waals surface area (Å²) in [5, 5.41) is 3.40. The third kappa shape index (κ3) is 3.17. The molecular weight excluding hydrogens is 326 g/mol. The first kappa shape index (κ1) is 14.1. The lowest BCUT2D eigenvalue weighted by Gasteiger charge is -2.11. The molecule has 4 heteroatoms. The topological polar surface area (TPSA) is 29.1 Å². The molecule has 2 rings (SSSR count). The van der Waals surface area contributed by atoms with Crippen LogP contribution in [0.4, 0.5) is 5.69 Å². The van der Waals surface area contributed by atoms with Crippen LogP contribution < -0.4 is 5.32 Å². The number of halogens is 2. The second-order valence-corrected chi connectivity index (χ2v) is 5.63. The third-order valence-corrected chi connectivity index (χ3v) is 3.83. The van der Waals surface area contributed by atoms with Gasteiger partial charge in [0.15, 0.2) is 0 Å². The van der Waals surface area contributed by atoms with Gasteiger partial charge in [0.05, 0.1) is 16.3 Å². The van der Waals surface area contributed by atoms with Crippen molar-refractivity contribution in [3.05, 3.63) is 62.6 Å². The summed E-state index contributed by atoms with van der Waals surface area (Å²) in [5.74, 6) is -0.174. The summed E-state index contributed by atoms with van der Waals surface area (Å²) in [6, 6.07) is 11.2. The van der Waals surface area contributed by atoms with Crippen molar-refractivity contribution in [1.29, 1.82) is 0 Å². The van der Waals surface area contributed by atoms with Gasteiger partial charge >= 0.3 is 0 Å². The number of nitrogens with one attached hydrogen (secondary N) is 1. The third-order valence-electron chi connectivity index (χ3n) is 2.83. The van der Waals surface area contributed by atoms with Crippen molar-refractivity contribution in [3.8, 4) is 0 Å². The summed E-state index contributed by atoms with van der Waals surface area (Å²) in [6.45, 7) is 3.86. The minimum atomic E-state index is -0.174. The van der Waals surface area contributed by atoms with E-state index in [9.17, 15) is 4.79 Å². The number of carbonyl (C=O) groups excluding carboxylic acids is 1. The summed E-state index contributed by atoms with van der Waals surface area (Å²) >= 11 is 9.49. The van der Waals surface area contributed by atoms with Crippen molar-refractivity contribution >= 4 is 39.1 Å². The number of aryl methyl sites for hydroxylation is 2. The molecule has 2 aromatic rings. The van der Waals surface area contributed by atoms with Crippen molar-refractivity contribution in [2.45, 2.75) is 13.8 Å². The number of rotatable bonds is 2. The smallest absolute Gasteiger partial charge is 0.256 e. The quantitative estimate of drug-likeness (QED) is 0.823. The van der Waals surface area contributed by atoms with E-state index in [2.05, 4.69) is 21.2 Å². The lowest BCUT2D eigenvalue weighted by atomic mass is 10.1. The van der Waals surface area contributed by atoms with Gasteiger partial charge in [-0.1, -0.05) is 35.4 Å². The van der Waals surface area contributed by atoms with Gasteiger partial charge in [0.2, 0.25) is 0 Å². The molecule has 0 aliphatic rings. The van der Waals surface area contributed by atoms with Crippen molar-refractivity contribution < 1.29 is 4.79 Å². The van der Waals surface area contributed by atoms with Crippen LogP contribution >= 0.6 is 27.5 Å². The highest BCUT2D eigenvalue weighted by molar-refractivity contribution is 9.10. The van der Waals surface area contributed by atoms with Gasteiger partial charge in [0, 0.05) is 4.47 Å². The maximum absolute atomic E-state index is 12.3. The van der Waals surface area contributed by atoms with E-state index in [1.807, 2.05) is 44.2 Å². The Bertz CT molecular complexity index is 620. The minimum absolute atomic E-state index is 0.174. The Labute approximate surface area is 125 Å². The number of para-hydroxylation sites is 1. The summed E-state index contributed by atoms with van der Waals surface area (Å²) in [6.07, 6.45) is 0. The number of anilines is 1. The lowest BCUT2D eigenvalue weighted by Crippen LogP contribution is -2.14. The van der Waals surface area contributed by atoms with Gasteiger partial charge in [0.1, 0.15) is 0 Å². The van der Waals surface area contributed by atoms with E-state index in [0.29, 0.717) is 16.3 Å². The van der Waals surface area contributed by atoms with Crippen molar-refractivity contribution in [2.24, 2.45) is 0 Å². The Kier molecular flexibility index (Phi) is 4.27. The number of hydrogen-bond donors (Lipinski definition) is 1. The van der Waals surface area contributed by atoms with Crippen molar-refractivity contribution in [3.63, 3.8) is 0 Å². The van der Waals surface area contributed by atoms with E-state index in [4.69, 9.17) is 11.6 Å². The predicted molar refractivity (Wildman–Crippen MR) is 83.0 cm³/mol. The average Bonchev–Trinajstić information content (AvgIpc) is 2.37. The Hall–Kier alpha value is -1.32. The normalized spacial score (nSPS) is 10.3. The fourth-order valence-corrected chi connectivity index (χ4v) is 2.48. The molecule has 0 unspecified atom stereocenters. The van der Waals surface area contributed by atoms with Crippen LogP contribution in [-0.4, -0.2) is 5.91 Å². The zero-order valence-electron chi connectivity index (χ0n) is 10.6. The van der Waals surface area contributed by atoms with Crippen LogP contribution in [0.15, 0.2) is 40.9 Å². The molecule has 0 saturated heterocycles. The first-order valence-corrected chi connectivity index (χ1v) is 6.99. The van der Waals surface area contributed by atoms with Gasteiger partial charge in [-0.2, -0.15) is 0 Å². The molecular formula is C15H13BrClNO. The number of carbonyl (C=O) groups is 1. The zero-order chi connectivity index (χ0) is 14.0. The molecule has 1 amide bonds. The maximum atomic E-state index is 12.3. The first-order chi connectivity index (χ1) is 8.99. The van der Waals surface area contributed by atoms with Gasteiger partial charge in [0.25, 0.3) is 5.91 Å². The molecule has 0 bridgehead atoms. The highest BCUT2D eigenvalue weighted by atomic mass is 79.9. The van der Waals surface area contributed by atoms with E-state index in [1.54, 1.807) is 6.07 Å². The molecule has 2 aromatic carbocycles. The highest BCUT2D eigenvalue weighted by Gasteiger charge is 2.13. The highest BCUT2D eigenvalue weighted by Crippen LogP contribution is 2.27. The molecule has 0 heterocycles. The Morgan fingerprint density at radius 3 is 2.63 bits per heavy atom. The van der Waals surface area contributed by atoms with Gasteiger partial charge < -0.3 is 5.32 Å². The zero-order valence-corrected chi connectivity index (χ0v) is 13.0. The van der Waals surface area contributed by atoms with Crippen LogP contribution in [0.5, 0.6) is 0 Å². The Balaban J connectivity index is 2.34. The fraction of sp³-hybridized carbons (Fsp3) is 0.133. The van der Waals surface area contributed by atoms with Crippen molar-refractivity contribution in [2.75, 3.05) is 5.32 Å². The monoisotopic (exact) mass is 337 g/mol. The maximum Gasteiger partial charge on any atom is 0.256 e. The van der Waals surface area contributed by atoms with E-state index >= 15 is 0 Å². The van der Waals surface area contributed by atoms with Gasteiger partial charge in [-0.3, -0.25) is 4.79 Å². The molecule has 0 spiro atoms. The van der Waals surface area contributed by atoms with Crippen LogP contribution in [0.25, 0.3) is 0 Å².